The fourth-order valence-corrected chi connectivity index (χ4v) is 3.13. The molecule has 0 fully saturated rings. The lowest BCUT2D eigenvalue weighted by Gasteiger charge is -2.05. The van der Waals surface area contributed by atoms with Gasteiger partial charge in [0, 0.05) is 29.3 Å². The molecule has 0 aliphatic rings. The van der Waals surface area contributed by atoms with Gasteiger partial charge in [-0.25, -0.2) is 9.37 Å². The highest BCUT2D eigenvalue weighted by atomic mass is 19.1. The maximum absolute atomic E-state index is 13.2. The number of rotatable bonds is 4. The molecule has 0 radical (unpaired) electrons. The van der Waals surface area contributed by atoms with Gasteiger partial charge in [0.15, 0.2) is 0 Å². The molecule has 0 aliphatic heterocycles. The molecule has 0 aliphatic carbocycles. The largest absolute Gasteiger partial charge is 0.354 e. The Labute approximate surface area is 159 Å². The standard InChI is InChI=1S/C21H17FN4O2/c1-12-16-8-13(9-25-21(28)18-10-24-19(27)11-23-18)2-7-17(16)26-20(12)14-3-5-15(22)6-4-14/h2-8,10-11,26H,9H2,1H3,(H,24,27)(H,25,28). The minimum Gasteiger partial charge on any atom is -0.354 e. The molecule has 28 heavy (non-hydrogen) atoms. The number of nitrogens with one attached hydrogen (secondary N) is 3. The van der Waals surface area contributed by atoms with Gasteiger partial charge in [0.25, 0.3) is 11.5 Å². The molecule has 140 valence electrons. The van der Waals surface area contributed by atoms with Crippen molar-refractivity contribution in [2.24, 2.45) is 0 Å². The Morgan fingerprint density at radius 2 is 1.96 bits per heavy atom. The minimum absolute atomic E-state index is 0.150. The molecular weight excluding hydrogens is 359 g/mol. The second-order valence-corrected chi connectivity index (χ2v) is 6.49. The number of aryl methyl sites for hydroxylation is 1. The van der Waals surface area contributed by atoms with Crippen LogP contribution in [0.25, 0.3) is 22.2 Å². The lowest BCUT2D eigenvalue weighted by Crippen LogP contribution is -2.25. The van der Waals surface area contributed by atoms with Crippen LogP contribution in [-0.4, -0.2) is 20.9 Å². The van der Waals surface area contributed by atoms with Crippen molar-refractivity contribution in [1.29, 1.82) is 0 Å². The summed E-state index contributed by atoms with van der Waals surface area (Å²) in [7, 11) is 0. The number of fused-ring (bicyclic) bond motifs is 1. The van der Waals surface area contributed by atoms with Gasteiger partial charge in [0.2, 0.25) is 0 Å². The zero-order chi connectivity index (χ0) is 19.7. The van der Waals surface area contributed by atoms with E-state index in [0.717, 1.165) is 39.5 Å². The molecule has 6 nitrogen and oxygen atoms in total. The predicted octanol–water partition coefficient (Wildman–Crippen LogP) is 3.30. The number of halogens is 1. The number of nitrogens with zero attached hydrogens (tertiary/aromatic N) is 1. The molecular formula is C21H17FN4O2. The van der Waals surface area contributed by atoms with Crippen LogP contribution in [-0.2, 0) is 6.54 Å². The van der Waals surface area contributed by atoms with Crippen LogP contribution in [0.15, 0.2) is 59.7 Å². The van der Waals surface area contributed by atoms with Crippen LogP contribution in [0, 0.1) is 12.7 Å². The van der Waals surface area contributed by atoms with Crippen LogP contribution in [0.4, 0.5) is 4.39 Å². The molecule has 0 atom stereocenters. The third-order valence-corrected chi connectivity index (χ3v) is 4.61. The number of hydrogen-bond donors (Lipinski definition) is 3. The Balaban J connectivity index is 1.56. The van der Waals surface area contributed by atoms with Crippen LogP contribution in [0.3, 0.4) is 0 Å². The average molecular weight is 376 g/mol. The van der Waals surface area contributed by atoms with Crippen LogP contribution >= 0.6 is 0 Å². The van der Waals surface area contributed by atoms with E-state index in [1.165, 1.54) is 18.3 Å². The molecule has 2 aromatic carbocycles. The first-order valence-electron chi connectivity index (χ1n) is 8.71. The van der Waals surface area contributed by atoms with Crippen molar-refractivity contribution < 1.29 is 9.18 Å². The smallest absolute Gasteiger partial charge is 0.271 e. The summed E-state index contributed by atoms with van der Waals surface area (Å²) >= 11 is 0. The quantitative estimate of drug-likeness (QED) is 0.510. The molecule has 3 N–H and O–H groups in total. The molecule has 1 amide bonds. The van der Waals surface area contributed by atoms with Gasteiger partial charge >= 0.3 is 0 Å². The highest BCUT2D eigenvalue weighted by molar-refractivity contribution is 5.92. The van der Waals surface area contributed by atoms with Gasteiger partial charge in [0.05, 0.1) is 6.20 Å². The Hall–Kier alpha value is -3.74. The van der Waals surface area contributed by atoms with E-state index in [0.29, 0.717) is 6.54 Å². The monoisotopic (exact) mass is 376 g/mol. The zero-order valence-electron chi connectivity index (χ0n) is 15.0. The average Bonchev–Trinajstić information content (AvgIpc) is 3.03. The molecule has 2 heterocycles. The van der Waals surface area contributed by atoms with Gasteiger partial charge in [-0.1, -0.05) is 6.07 Å². The topological polar surface area (TPSA) is 90.6 Å². The summed E-state index contributed by atoms with van der Waals surface area (Å²) in [4.78, 5) is 32.8. The molecule has 2 aromatic heterocycles. The third-order valence-electron chi connectivity index (χ3n) is 4.61. The summed E-state index contributed by atoms with van der Waals surface area (Å²) in [6.07, 6.45) is 2.35. The zero-order valence-corrected chi connectivity index (χ0v) is 15.0. The van der Waals surface area contributed by atoms with E-state index in [4.69, 9.17) is 0 Å². The summed E-state index contributed by atoms with van der Waals surface area (Å²) in [5.41, 5.74) is 4.59. The Bertz CT molecular complexity index is 1210. The number of amides is 1. The maximum Gasteiger partial charge on any atom is 0.271 e. The lowest BCUT2D eigenvalue weighted by atomic mass is 10.0. The van der Waals surface area contributed by atoms with E-state index in [1.807, 2.05) is 25.1 Å². The van der Waals surface area contributed by atoms with Crippen molar-refractivity contribution in [2.45, 2.75) is 13.5 Å². The number of benzene rings is 2. The first-order chi connectivity index (χ1) is 13.5. The lowest BCUT2D eigenvalue weighted by molar-refractivity contribution is 0.0945. The van der Waals surface area contributed by atoms with Gasteiger partial charge in [0.1, 0.15) is 11.5 Å². The Morgan fingerprint density at radius 3 is 2.68 bits per heavy atom. The van der Waals surface area contributed by atoms with Gasteiger partial charge in [-0.2, -0.15) is 0 Å². The first-order valence-corrected chi connectivity index (χ1v) is 8.71. The number of aromatic nitrogens is 3. The van der Waals surface area contributed by atoms with Crippen molar-refractivity contribution >= 4 is 16.8 Å². The molecule has 0 unspecified atom stereocenters. The van der Waals surface area contributed by atoms with Crippen molar-refractivity contribution in [3.63, 3.8) is 0 Å². The van der Waals surface area contributed by atoms with E-state index in [2.05, 4.69) is 20.3 Å². The SMILES string of the molecule is Cc1c(-c2ccc(F)cc2)[nH]c2ccc(CNC(=O)c3c[nH]c(=O)cn3)cc12. The number of carbonyl (C=O) groups excluding carboxylic acids is 1. The van der Waals surface area contributed by atoms with Gasteiger partial charge < -0.3 is 15.3 Å². The predicted molar refractivity (Wildman–Crippen MR) is 104 cm³/mol. The number of carbonyl (C=O) groups is 1. The first kappa shape index (κ1) is 17.7. The van der Waals surface area contributed by atoms with Gasteiger partial charge in [-0.15, -0.1) is 0 Å². The van der Waals surface area contributed by atoms with Gasteiger partial charge in [-0.05, 0) is 60.0 Å². The second-order valence-electron chi connectivity index (χ2n) is 6.49. The second kappa shape index (κ2) is 7.11. The van der Waals surface area contributed by atoms with Gasteiger partial charge in [-0.3, -0.25) is 9.59 Å². The highest BCUT2D eigenvalue weighted by Gasteiger charge is 2.11. The highest BCUT2D eigenvalue weighted by Crippen LogP contribution is 2.30. The number of H-pyrrole nitrogens is 2. The molecule has 7 heteroatoms. The molecule has 0 spiro atoms. The minimum atomic E-state index is -0.367. The van der Waals surface area contributed by atoms with Crippen molar-refractivity contribution in [3.05, 3.63) is 87.9 Å². The summed E-state index contributed by atoms with van der Waals surface area (Å²) in [5, 5.41) is 3.82. The van der Waals surface area contributed by atoms with E-state index < -0.39 is 0 Å². The van der Waals surface area contributed by atoms with E-state index in [-0.39, 0.29) is 23.0 Å². The summed E-state index contributed by atoms with van der Waals surface area (Å²) < 4.78 is 13.2. The molecule has 4 rings (SSSR count). The fraction of sp³-hybridized carbons (Fsp3) is 0.0952. The summed E-state index contributed by atoms with van der Waals surface area (Å²) in [5.74, 6) is -0.637. The van der Waals surface area contributed by atoms with Crippen molar-refractivity contribution in [2.75, 3.05) is 0 Å². The molecule has 0 bridgehead atoms. The Kier molecular flexibility index (Phi) is 4.49. The summed E-state index contributed by atoms with van der Waals surface area (Å²) in [6, 6.07) is 12.2. The van der Waals surface area contributed by atoms with E-state index >= 15 is 0 Å². The molecule has 4 aromatic rings. The molecule has 0 saturated heterocycles. The van der Waals surface area contributed by atoms with Crippen molar-refractivity contribution in [1.82, 2.24) is 20.3 Å². The normalized spacial score (nSPS) is 10.9. The van der Waals surface area contributed by atoms with Crippen LogP contribution in [0.5, 0.6) is 0 Å². The Morgan fingerprint density at radius 1 is 1.18 bits per heavy atom. The van der Waals surface area contributed by atoms with Crippen LogP contribution in [0.1, 0.15) is 21.6 Å². The van der Waals surface area contributed by atoms with Crippen LogP contribution in [0.2, 0.25) is 0 Å². The maximum atomic E-state index is 13.2. The van der Waals surface area contributed by atoms with E-state index in [1.54, 1.807) is 12.1 Å². The van der Waals surface area contributed by atoms with Crippen molar-refractivity contribution in [3.8, 4) is 11.3 Å². The number of aromatic amines is 2. The van der Waals surface area contributed by atoms with Crippen LogP contribution < -0.4 is 10.9 Å². The molecule has 0 saturated carbocycles. The van der Waals surface area contributed by atoms with E-state index in [9.17, 15) is 14.0 Å². The number of hydrogen-bond acceptors (Lipinski definition) is 3. The summed E-state index contributed by atoms with van der Waals surface area (Å²) in [6.45, 7) is 2.33. The fourth-order valence-electron chi connectivity index (χ4n) is 3.13. The third kappa shape index (κ3) is 3.42.